The van der Waals surface area contributed by atoms with Crippen LogP contribution >= 0.6 is 0 Å². The lowest BCUT2D eigenvalue weighted by molar-refractivity contribution is 0.795. The molecule has 1 N–H and O–H groups in total. The van der Waals surface area contributed by atoms with Crippen LogP contribution in [0.2, 0.25) is 0 Å². The van der Waals surface area contributed by atoms with E-state index >= 15 is 0 Å². The molecule has 3 aromatic rings. The second kappa shape index (κ2) is 6.45. The molecule has 0 atom stereocenters. The summed E-state index contributed by atoms with van der Waals surface area (Å²) < 4.78 is 0. The maximum absolute atomic E-state index is 3.53. The molecule has 1 nitrogen and oxygen atoms in total. The van der Waals surface area contributed by atoms with Crippen molar-refractivity contribution in [2.45, 2.75) is 26.2 Å². The highest BCUT2D eigenvalue weighted by molar-refractivity contribution is 5.95. The van der Waals surface area contributed by atoms with Crippen LogP contribution in [0.15, 0.2) is 66.7 Å². The number of unbranched alkanes of at least 4 members (excludes halogenated alkanes) is 1. The molecule has 106 valence electrons. The molecule has 0 aliphatic carbocycles. The summed E-state index contributed by atoms with van der Waals surface area (Å²) in [6.45, 7) is 2.23. The first kappa shape index (κ1) is 13.7. The molecule has 0 amide bonds. The third-order valence-corrected chi connectivity index (χ3v) is 3.84. The van der Waals surface area contributed by atoms with E-state index in [9.17, 15) is 0 Å². The maximum atomic E-state index is 3.53. The highest BCUT2D eigenvalue weighted by Gasteiger charge is 2.01. The van der Waals surface area contributed by atoms with E-state index in [0.29, 0.717) is 0 Å². The summed E-state index contributed by atoms with van der Waals surface area (Å²) in [5, 5.41) is 6.06. The van der Waals surface area contributed by atoms with Gasteiger partial charge in [0.05, 0.1) is 0 Å². The van der Waals surface area contributed by atoms with Gasteiger partial charge in [0, 0.05) is 16.8 Å². The molecule has 21 heavy (non-hydrogen) atoms. The molecule has 0 aliphatic heterocycles. The minimum atomic E-state index is 1.15. The van der Waals surface area contributed by atoms with Gasteiger partial charge in [0.15, 0.2) is 0 Å². The van der Waals surface area contributed by atoms with Crippen molar-refractivity contribution in [2.24, 2.45) is 0 Å². The van der Waals surface area contributed by atoms with Crippen LogP contribution in [0.5, 0.6) is 0 Å². The average Bonchev–Trinajstić information content (AvgIpc) is 2.55. The standard InChI is InChI=1S/C20H21N/c1-2-3-7-16-12-14-18(15-13-16)21-20-11-6-9-17-8-4-5-10-19(17)20/h4-6,8-15,21H,2-3,7H2,1H3. The third-order valence-electron chi connectivity index (χ3n) is 3.84. The van der Waals surface area contributed by atoms with Crippen LogP contribution in [0.1, 0.15) is 25.3 Å². The molecule has 0 fully saturated rings. The molecule has 0 heterocycles. The minimum Gasteiger partial charge on any atom is -0.355 e. The van der Waals surface area contributed by atoms with Crippen molar-refractivity contribution in [2.75, 3.05) is 5.32 Å². The monoisotopic (exact) mass is 275 g/mol. The Morgan fingerprint density at radius 2 is 1.57 bits per heavy atom. The highest BCUT2D eigenvalue weighted by atomic mass is 14.9. The first-order valence-corrected chi connectivity index (χ1v) is 7.70. The number of hydrogen-bond acceptors (Lipinski definition) is 1. The van der Waals surface area contributed by atoms with Crippen LogP contribution in [0.25, 0.3) is 10.8 Å². The summed E-state index contributed by atoms with van der Waals surface area (Å²) in [5.74, 6) is 0. The van der Waals surface area contributed by atoms with Crippen LogP contribution in [0.4, 0.5) is 11.4 Å². The topological polar surface area (TPSA) is 12.0 Å². The van der Waals surface area contributed by atoms with Crippen molar-refractivity contribution < 1.29 is 0 Å². The molecule has 0 unspecified atom stereocenters. The van der Waals surface area contributed by atoms with E-state index in [2.05, 4.69) is 79.0 Å². The zero-order valence-electron chi connectivity index (χ0n) is 12.5. The first-order valence-electron chi connectivity index (χ1n) is 7.70. The number of benzene rings is 3. The second-order valence-electron chi connectivity index (χ2n) is 5.45. The summed E-state index contributed by atoms with van der Waals surface area (Å²) in [6.07, 6.45) is 3.68. The largest absolute Gasteiger partial charge is 0.355 e. The average molecular weight is 275 g/mol. The quantitative estimate of drug-likeness (QED) is 0.609. The van der Waals surface area contributed by atoms with Gasteiger partial charge < -0.3 is 5.32 Å². The van der Waals surface area contributed by atoms with Crippen LogP contribution < -0.4 is 5.32 Å². The van der Waals surface area contributed by atoms with E-state index in [0.717, 1.165) is 11.4 Å². The van der Waals surface area contributed by atoms with E-state index in [4.69, 9.17) is 0 Å². The van der Waals surface area contributed by atoms with Crippen molar-refractivity contribution in [3.8, 4) is 0 Å². The number of anilines is 2. The lowest BCUT2D eigenvalue weighted by Gasteiger charge is -2.10. The van der Waals surface area contributed by atoms with Crippen molar-refractivity contribution in [3.63, 3.8) is 0 Å². The molecule has 3 aromatic carbocycles. The smallest absolute Gasteiger partial charge is 0.0463 e. The summed E-state index contributed by atoms with van der Waals surface area (Å²) in [5.41, 5.74) is 3.72. The van der Waals surface area contributed by atoms with E-state index in [1.807, 2.05) is 0 Å². The number of nitrogens with one attached hydrogen (secondary N) is 1. The van der Waals surface area contributed by atoms with Crippen LogP contribution in [-0.2, 0) is 6.42 Å². The molecule has 0 aliphatic rings. The Kier molecular flexibility index (Phi) is 4.20. The van der Waals surface area contributed by atoms with Gasteiger partial charge in [-0.05, 0) is 42.0 Å². The van der Waals surface area contributed by atoms with E-state index in [1.165, 1.54) is 35.6 Å². The number of aryl methyl sites for hydroxylation is 1. The molecule has 3 rings (SSSR count). The van der Waals surface area contributed by atoms with Crippen molar-refractivity contribution >= 4 is 22.1 Å². The fourth-order valence-corrected chi connectivity index (χ4v) is 2.63. The maximum Gasteiger partial charge on any atom is 0.0463 e. The minimum absolute atomic E-state index is 1.15. The predicted octanol–water partition coefficient (Wildman–Crippen LogP) is 5.93. The van der Waals surface area contributed by atoms with Gasteiger partial charge in [-0.15, -0.1) is 0 Å². The van der Waals surface area contributed by atoms with E-state index in [1.54, 1.807) is 0 Å². The van der Waals surface area contributed by atoms with Gasteiger partial charge in [0.2, 0.25) is 0 Å². The number of rotatable bonds is 5. The zero-order valence-corrected chi connectivity index (χ0v) is 12.5. The molecular formula is C20H21N. The van der Waals surface area contributed by atoms with Gasteiger partial charge in [-0.25, -0.2) is 0 Å². The summed E-state index contributed by atoms with van der Waals surface area (Å²) in [6, 6.07) is 23.6. The highest BCUT2D eigenvalue weighted by Crippen LogP contribution is 2.26. The number of hydrogen-bond donors (Lipinski definition) is 1. The van der Waals surface area contributed by atoms with Gasteiger partial charge in [0.25, 0.3) is 0 Å². The molecule has 0 bridgehead atoms. The first-order chi connectivity index (χ1) is 10.4. The molecule has 0 aromatic heterocycles. The summed E-state index contributed by atoms with van der Waals surface area (Å²) in [4.78, 5) is 0. The number of fused-ring (bicyclic) bond motifs is 1. The van der Waals surface area contributed by atoms with Gasteiger partial charge in [0.1, 0.15) is 0 Å². The molecule has 0 saturated carbocycles. The van der Waals surface area contributed by atoms with E-state index in [-0.39, 0.29) is 0 Å². The lowest BCUT2D eigenvalue weighted by Crippen LogP contribution is -1.92. The fraction of sp³-hybridized carbons (Fsp3) is 0.200. The molecule has 0 radical (unpaired) electrons. The van der Waals surface area contributed by atoms with Crippen molar-refractivity contribution in [1.29, 1.82) is 0 Å². The van der Waals surface area contributed by atoms with E-state index < -0.39 is 0 Å². The Hall–Kier alpha value is -2.28. The van der Waals surface area contributed by atoms with Gasteiger partial charge in [-0.2, -0.15) is 0 Å². The van der Waals surface area contributed by atoms with Gasteiger partial charge in [-0.1, -0.05) is 61.9 Å². The predicted molar refractivity (Wildman–Crippen MR) is 92.3 cm³/mol. The lowest BCUT2D eigenvalue weighted by atomic mass is 10.1. The summed E-state index contributed by atoms with van der Waals surface area (Å²) in [7, 11) is 0. The van der Waals surface area contributed by atoms with Gasteiger partial charge in [-0.3, -0.25) is 0 Å². The molecule has 1 heteroatoms. The Balaban J connectivity index is 1.82. The molecule has 0 spiro atoms. The van der Waals surface area contributed by atoms with Gasteiger partial charge >= 0.3 is 0 Å². The third kappa shape index (κ3) is 3.25. The zero-order chi connectivity index (χ0) is 14.5. The van der Waals surface area contributed by atoms with Crippen molar-refractivity contribution in [1.82, 2.24) is 0 Å². The summed E-state index contributed by atoms with van der Waals surface area (Å²) >= 11 is 0. The van der Waals surface area contributed by atoms with Crippen molar-refractivity contribution in [3.05, 3.63) is 72.3 Å². The molecule has 0 saturated heterocycles. The Morgan fingerprint density at radius 3 is 2.38 bits per heavy atom. The van der Waals surface area contributed by atoms with Crippen LogP contribution in [0, 0.1) is 0 Å². The fourth-order valence-electron chi connectivity index (χ4n) is 2.63. The van der Waals surface area contributed by atoms with Crippen LogP contribution in [0.3, 0.4) is 0 Å². The second-order valence-corrected chi connectivity index (χ2v) is 5.45. The molecular weight excluding hydrogens is 254 g/mol. The Labute approximate surface area is 126 Å². The SMILES string of the molecule is CCCCc1ccc(Nc2cccc3ccccc23)cc1. The normalized spacial score (nSPS) is 10.7. The Morgan fingerprint density at radius 1 is 0.810 bits per heavy atom. The van der Waals surface area contributed by atoms with Crippen LogP contribution in [-0.4, -0.2) is 0 Å². The Bertz CT molecular complexity index is 708.